The van der Waals surface area contributed by atoms with Crippen molar-refractivity contribution in [3.8, 4) is 0 Å². The van der Waals surface area contributed by atoms with E-state index in [0.717, 1.165) is 21.6 Å². The average Bonchev–Trinajstić information content (AvgIpc) is 2.95. The van der Waals surface area contributed by atoms with E-state index >= 15 is 0 Å². The van der Waals surface area contributed by atoms with Gasteiger partial charge < -0.3 is 4.90 Å². The molecule has 34 heavy (non-hydrogen) atoms. The second kappa shape index (κ2) is 9.13. The molecule has 0 spiro atoms. The van der Waals surface area contributed by atoms with Gasteiger partial charge in [0.2, 0.25) is 0 Å². The van der Waals surface area contributed by atoms with Crippen LogP contribution in [0.1, 0.15) is 30.5 Å². The summed E-state index contributed by atoms with van der Waals surface area (Å²) >= 11 is -0.247. The Hall–Kier alpha value is -3.33. The van der Waals surface area contributed by atoms with Crippen molar-refractivity contribution in [3.63, 3.8) is 0 Å². The second-order valence-corrected chi connectivity index (χ2v) is 9.56. The van der Waals surface area contributed by atoms with Crippen LogP contribution in [0.25, 0.3) is 0 Å². The largest absolute Gasteiger partial charge is 0.446 e. The van der Waals surface area contributed by atoms with Crippen LogP contribution < -0.4 is 4.90 Å². The Morgan fingerprint density at radius 2 is 1.62 bits per heavy atom. The fourth-order valence-electron chi connectivity index (χ4n) is 3.88. The van der Waals surface area contributed by atoms with E-state index in [1.54, 1.807) is 26.2 Å². The Kier molecular flexibility index (Phi) is 6.40. The summed E-state index contributed by atoms with van der Waals surface area (Å²) in [5.41, 5.74) is -2.41. The number of pyridine rings is 1. The molecule has 0 bridgehead atoms. The van der Waals surface area contributed by atoms with Crippen LogP contribution in [-0.4, -0.2) is 32.9 Å². The SMILES string of the molecule is CC1(C)C(=O)N(c2ccc(SC(F)(F)F)cc2)C(=O)N1Cc1ccncc1Cc1ccccc1. The summed E-state index contributed by atoms with van der Waals surface area (Å²) in [6.45, 7) is 3.53. The van der Waals surface area contributed by atoms with E-state index in [1.165, 1.54) is 29.2 Å². The van der Waals surface area contributed by atoms with E-state index in [4.69, 9.17) is 0 Å². The molecule has 0 N–H and O–H groups in total. The summed E-state index contributed by atoms with van der Waals surface area (Å²) in [7, 11) is 0. The molecule has 2 aromatic carbocycles. The maximum Gasteiger partial charge on any atom is 0.446 e. The first-order valence-corrected chi connectivity index (χ1v) is 11.4. The number of benzene rings is 2. The normalized spacial score (nSPS) is 15.8. The van der Waals surface area contributed by atoms with Crippen molar-refractivity contribution in [2.75, 3.05) is 4.90 Å². The van der Waals surface area contributed by atoms with E-state index in [2.05, 4.69) is 4.98 Å². The minimum atomic E-state index is -4.42. The predicted octanol–water partition coefficient (Wildman–Crippen LogP) is 6.03. The summed E-state index contributed by atoms with van der Waals surface area (Å²) in [6, 6.07) is 16.4. The first kappa shape index (κ1) is 23.8. The third-order valence-corrected chi connectivity index (χ3v) is 6.46. The molecule has 0 atom stereocenters. The molecular weight excluding hydrogens is 463 g/mol. The van der Waals surface area contributed by atoms with Crippen molar-refractivity contribution < 1.29 is 22.8 Å². The molecule has 1 saturated heterocycles. The van der Waals surface area contributed by atoms with Gasteiger partial charge in [-0.15, -0.1) is 0 Å². The van der Waals surface area contributed by atoms with E-state index in [9.17, 15) is 22.8 Å². The Labute approximate surface area is 199 Å². The number of hydrogen-bond donors (Lipinski definition) is 0. The van der Waals surface area contributed by atoms with Gasteiger partial charge in [0.1, 0.15) is 5.54 Å². The fourth-order valence-corrected chi connectivity index (χ4v) is 4.42. The van der Waals surface area contributed by atoms with E-state index < -0.39 is 23.0 Å². The number of hydrogen-bond acceptors (Lipinski definition) is 4. The molecule has 1 fully saturated rings. The van der Waals surface area contributed by atoms with Gasteiger partial charge in [0.25, 0.3) is 5.91 Å². The second-order valence-electron chi connectivity index (χ2n) is 8.42. The lowest BCUT2D eigenvalue weighted by Gasteiger charge is -2.28. The van der Waals surface area contributed by atoms with Crippen LogP contribution in [0, 0.1) is 0 Å². The van der Waals surface area contributed by atoms with Gasteiger partial charge in [0.15, 0.2) is 0 Å². The summed E-state index contributed by atoms with van der Waals surface area (Å²) in [6.07, 6.45) is 4.03. The standard InChI is InChI=1S/C25H22F3N3O2S/c1-24(2)22(32)31(20-8-10-21(11-9-20)34-25(26,27)28)23(33)30(24)16-18-12-13-29-15-19(18)14-17-6-4-3-5-7-17/h3-13,15H,14,16H2,1-2H3. The zero-order chi connectivity index (χ0) is 24.5. The molecule has 0 radical (unpaired) electrons. The van der Waals surface area contributed by atoms with Crippen molar-refractivity contribution in [1.82, 2.24) is 9.88 Å². The highest BCUT2D eigenvalue weighted by atomic mass is 32.2. The van der Waals surface area contributed by atoms with Crippen molar-refractivity contribution in [2.45, 2.75) is 42.8 Å². The van der Waals surface area contributed by atoms with Crippen LogP contribution in [0.2, 0.25) is 0 Å². The lowest BCUT2D eigenvalue weighted by molar-refractivity contribution is -0.123. The van der Waals surface area contributed by atoms with Gasteiger partial charge in [-0.25, -0.2) is 9.69 Å². The van der Waals surface area contributed by atoms with Crippen LogP contribution in [0.3, 0.4) is 0 Å². The lowest BCUT2D eigenvalue weighted by Crippen LogP contribution is -2.43. The highest BCUT2D eigenvalue weighted by Gasteiger charge is 2.51. The van der Waals surface area contributed by atoms with Gasteiger partial charge >= 0.3 is 11.5 Å². The molecule has 1 aliphatic rings. The number of alkyl halides is 3. The minimum absolute atomic E-state index is 0.0196. The van der Waals surface area contributed by atoms with Gasteiger partial charge in [-0.2, -0.15) is 13.2 Å². The number of carbonyl (C=O) groups excluding carboxylic acids is 2. The molecule has 1 aromatic heterocycles. The van der Waals surface area contributed by atoms with Crippen LogP contribution in [0.15, 0.2) is 78.0 Å². The molecule has 176 valence electrons. The number of thioether (sulfide) groups is 1. The molecular formula is C25H22F3N3O2S. The first-order valence-electron chi connectivity index (χ1n) is 10.5. The lowest BCUT2D eigenvalue weighted by atomic mass is 9.99. The highest BCUT2D eigenvalue weighted by molar-refractivity contribution is 8.00. The molecule has 0 saturated carbocycles. The molecule has 5 nitrogen and oxygen atoms in total. The minimum Gasteiger partial charge on any atom is -0.305 e. The van der Waals surface area contributed by atoms with Crippen LogP contribution in [0.4, 0.5) is 23.7 Å². The summed E-state index contributed by atoms with van der Waals surface area (Å²) in [5.74, 6) is -0.438. The number of halogens is 3. The number of carbonyl (C=O) groups is 2. The Bertz CT molecular complexity index is 1200. The molecule has 2 heterocycles. The van der Waals surface area contributed by atoms with Gasteiger partial charge in [0.05, 0.1) is 5.69 Å². The van der Waals surface area contributed by atoms with Gasteiger partial charge in [-0.05, 0) is 79.1 Å². The molecule has 4 rings (SSSR count). The zero-order valence-electron chi connectivity index (χ0n) is 18.5. The Balaban J connectivity index is 1.59. The number of anilines is 1. The van der Waals surface area contributed by atoms with Gasteiger partial charge in [0, 0.05) is 23.8 Å². The molecule has 3 amide bonds. The van der Waals surface area contributed by atoms with Crippen molar-refractivity contribution in [2.24, 2.45) is 0 Å². The maximum atomic E-state index is 13.3. The number of urea groups is 1. The van der Waals surface area contributed by atoms with E-state index in [0.29, 0.717) is 6.42 Å². The Morgan fingerprint density at radius 1 is 0.941 bits per heavy atom. The third-order valence-electron chi connectivity index (χ3n) is 5.72. The number of imide groups is 1. The number of rotatable bonds is 6. The first-order chi connectivity index (χ1) is 16.1. The number of nitrogens with zero attached hydrogens (tertiary/aromatic N) is 3. The van der Waals surface area contributed by atoms with Gasteiger partial charge in [-0.1, -0.05) is 30.3 Å². The topological polar surface area (TPSA) is 53.5 Å². The van der Waals surface area contributed by atoms with Crippen molar-refractivity contribution in [3.05, 3.63) is 89.7 Å². The summed E-state index contributed by atoms with van der Waals surface area (Å²) in [4.78, 5) is 33.3. The van der Waals surface area contributed by atoms with Crippen LogP contribution in [-0.2, 0) is 17.8 Å². The summed E-state index contributed by atoms with van der Waals surface area (Å²) in [5, 5.41) is 0. The molecule has 0 unspecified atom stereocenters. The average molecular weight is 486 g/mol. The Morgan fingerprint density at radius 3 is 2.26 bits per heavy atom. The fraction of sp³-hybridized carbons (Fsp3) is 0.240. The van der Waals surface area contributed by atoms with E-state index in [-0.39, 0.29) is 28.9 Å². The van der Waals surface area contributed by atoms with Crippen molar-refractivity contribution in [1.29, 1.82) is 0 Å². The van der Waals surface area contributed by atoms with Crippen LogP contribution >= 0.6 is 11.8 Å². The molecule has 0 aliphatic carbocycles. The quantitative estimate of drug-likeness (QED) is 0.316. The van der Waals surface area contributed by atoms with Gasteiger partial charge in [-0.3, -0.25) is 9.78 Å². The number of amides is 3. The zero-order valence-corrected chi connectivity index (χ0v) is 19.4. The predicted molar refractivity (Wildman–Crippen MR) is 124 cm³/mol. The van der Waals surface area contributed by atoms with Crippen LogP contribution in [0.5, 0.6) is 0 Å². The monoisotopic (exact) mass is 485 g/mol. The molecule has 1 aliphatic heterocycles. The van der Waals surface area contributed by atoms with E-state index in [1.807, 2.05) is 36.4 Å². The molecule has 3 aromatic rings. The number of aromatic nitrogens is 1. The third kappa shape index (κ3) is 4.94. The highest BCUT2D eigenvalue weighted by Crippen LogP contribution is 2.39. The van der Waals surface area contributed by atoms with Crippen molar-refractivity contribution >= 4 is 29.4 Å². The smallest absolute Gasteiger partial charge is 0.305 e. The maximum absolute atomic E-state index is 13.3. The summed E-state index contributed by atoms with van der Waals surface area (Å²) < 4.78 is 37.9. The molecule has 9 heteroatoms.